The summed E-state index contributed by atoms with van der Waals surface area (Å²) in [5.74, 6) is -1.10. The molecule has 7 nitrogen and oxygen atoms in total. The first kappa shape index (κ1) is 19.2. The number of morpholine rings is 1. The topological polar surface area (TPSA) is 81.9 Å². The summed E-state index contributed by atoms with van der Waals surface area (Å²) >= 11 is 3.20. The van der Waals surface area contributed by atoms with E-state index in [-0.39, 0.29) is 17.9 Å². The fourth-order valence-corrected chi connectivity index (χ4v) is 3.20. The highest BCUT2D eigenvalue weighted by molar-refractivity contribution is 9.10. The molecule has 0 N–H and O–H groups in total. The van der Waals surface area contributed by atoms with Gasteiger partial charge in [0.15, 0.2) is 0 Å². The van der Waals surface area contributed by atoms with Gasteiger partial charge < -0.3 is 14.4 Å². The number of halogens is 2. The highest BCUT2D eigenvalue weighted by atomic mass is 79.9. The number of hydrogen-bond donors (Lipinski definition) is 0. The van der Waals surface area contributed by atoms with E-state index >= 15 is 0 Å². The van der Waals surface area contributed by atoms with Gasteiger partial charge in [0.1, 0.15) is 18.1 Å². The van der Waals surface area contributed by atoms with Gasteiger partial charge in [-0.2, -0.15) is 0 Å². The zero-order chi connectivity index (χ0) is 19.4. The molecule has 0 saturated carbocycles. The largest absolute Gasteiger partial charge is 0.457 e. The summed E-state index contributed by atoms with van der Waals surface area (Å²) in [6.45, 7) is 1.99. The first-order valence-corrected chi connectivity index (χ1v) is 8.97. The van der Waals surface area contributed by atoms with Gasteiger partial charge in [0, 0.05) is 29.2 Å². The number of nitro benzene ring substituents is 1. The normalized spacial score (nSPS) is 14.1. The van der Waals surface area contributed by atoms with Gasteiger partial charge in [0.25, 0.3) is 5.69 Å². The van der Waals surface area contributed by atoms with E-state index in [0.717, 1.165) is 0 Å². The third-order valence-corrected chi connectivity index (χ3v) is 4.87. The number of carbonyl (C=O) groups excluding carboxylic acids is 1. The molecule has 142 valence electrons. The van der Waals surface area contributed by atoms with Crippen LogP contribution in [0.25, 0.3) is 0 Å². The molecule has 0 spiro atoms. The Balaban J connectivity index is 1.76. The molecule has 1 saturated heterocycles. The fraction of sp³-hybridized carbons (Fsp3) is 0.278. The minimum absolute atomic E-state index is 0.0805. The fourth-order valence-electron chi connectivity index (χ4n) is 2.73. The monoisotopic (exact) mass is 438 g/mol. The Morgan fingerprint density at radius 1 is 1.26 bits per heavy atom. The third kappa shape index (κ3) is 4.61. The summed E-state index contributed by atoms with van der Waals surface area (Å²) in [4.78, 5) is 25.1. The van der Waals surface area contributed by atoms with Crippen LogP contribution in [0.15, 0.2) is 40.9 Å². The van der Waals surface area contributed by atoms with Crippen molar-refractivity contribution < 1.29 is 23.6 Å². The molecule has 3 rings (SSSR count). The second-order valence-corrected chi connectivity index (χ2v) is 6.73. The molecule has 0 aromatic heterocycles. The Labute approximate surface area is 163 Å². The predicted octanol–water partition coefficient (Wildman–Crippen LogP) is 3.69. The van der Waals surface area contributed by atoms with Gasteiger partial charge in [-0.1, -0.05) is 22.0 Å². The van der Waals surface area contributed by atoms with Gasteiger partial charge >= 0.3 is 5.97 Å². The van der Waals surface area contributed by atoms with Crippen molar-refractivity contribution in [2.75, 3.05) is 31.2 Å². The van der Waals surface area contributed by atoms with Crippen LogP contribution in [-0.4, -0.2) is 37.2 Å². The average Bonchev–Trinajstić information content (AvgIpc) is 2.67. The Morgan fingerprint density at radius 2 is 2.00 bits per heavy atom. The lowest BCUT2D eigenvalue weighted by molar-refractivity contribution is -0.384. The zero-order valence-corrected chi connectivity index (χ0v) is 15.8. The Morgan fingerprint density at radius 3 is 2.67 bits per heavy atom. The molecule has 2 aromatic rings. The quantitative estimate of drug-likeness (QED) is 0.402. The van der Waals surface area contributed by atoms with Gasteiger partial charge in [-0.05, 0) is 24.3 Å². The van der Waals surface area contributed by atoms with Crippen molar-refractivity contribution in [1.29, 1.82) is 0 Å². The molecule has 0 amide bonds. The number of nitrogens with zero attached hydrogens (tertiary/aromatic N) is 2. The molecular weight excluding hydrogens is 423 g/mol. The van der Waals surface area contributed by atoms with Crippen LogP contribution in [0.2, 0.25) is 0 Å². The molecular formula is C18H16BrFN2O5. The zero-order valence-electron chi connectivity index (χ0n) is 14.2. The van der Waals surface area contributed by atoms with Gasteiger partial charge in [0.2, 0.25) is 0 Å². The predicted molar refractivity (Wildman–Crippen MR) is 99.3 cm³/mol. The van der Waals surface area contributed by atoms with E-state index in [2.05, 4.69) is 15.9 Å². The summed E-state index contributed by atoms with van der Waals surface area (Å²) in [6.07, 6.45) is 0. The first-order chi connectivity index (χ1) is 13.0. The van der Waals surface area contributed by atoms with Gasteiger partial charge in [-0.3, -0.25) is 10.1 Å². The summed E-state index contributed by atoms with van der Waals surface area (Å²) in [6, 6.07) is 8.29. The maximum atomic E-state index is 13.1. The van der Waals surface area contributed by atoms with Crippen molar-refractivity contribution in [3.8, 4) is 0 Å². The molecule has 0 atom stereocenters. The molecule has 1 heterocycles. The lowest BCUT2D eigenvalue weighted by Crippen LogP contribution is -2.36. The molecule has 1 aliphatic rings. The molecule has 0 bridgehead atoms. The highest BCUT2D eigenvalue weighted by Crippen LogP contribution is 2.30. The molecule has 0 unspecified atom stereocenters. The van der Waals surface area contributed by atoms with Crippen LogP contribution in [0.3, 0.4) is 0 Å². The van der Waals surface area contributed by atoms with Crippen molar-refractivity contribution in [2.45, 2.75) is 6.61 Å². The average molecular weight is 439 g/mol. The van der Waals surface area contributed by atoms with E-state index in [1.807, 2.05) is 4.90 Å². The highest BCUT2D eigenvalue weighted by Gasteiger charge is 2.23. The number of rotatable bonds is 5. The molecule has 1 aliphatic heterocycles. The summed E-state index contributed by atoms with van der Waals surface area (Å²) in [7, 11) is 0. The number of carbonyl (C=O) groups is 1. The second-order valence-electron chi connectivity index (χ2n) is 5.87. The standard InChI is InChI=1S/C18H16BrFN2O5/c19-15-10-14(20)3-1-13(15)11-27-18(23)12-2-4-16(17(9-12)22(24)25)21-5-7-26-8-6-21/h1-4,9-10H,5-8,11H2. The van der Waals surface area contributed by atoms with Crippen molar-refractivity contribution in [1.82, 2.24) is 0 Å². The molecule has 1 fully saturated rings. The third-order valence-electron chi connectivity index (χ3n) is 4.13. The van der Waals surface area contributed by atoms with Crippen LogP contribution in [0.5, 0.6) is 0 Å². The lowest BCUT2D eigenvalue weighted by Gasteiger charge is -2.28. The number of esters is 1. The van der Waals surface area contributed by atoms with Crippen LogP contribution in [0.1, 0.15) is 15.9 Å². The summed E-state index contributed by atoms with van der Waals surface area (Å²) < 4.78 is 24.1. The van der Waals surface area contributed by atoms with E-state index in [1.165, 1.54) is 30.3 Å². The van der Waals surface area contributed by atoms with Crippen LogP contribution < -0.4 is 4.90 Å². The van der Waals surface area contributed by atoms with Crippen LogP contribution in [0.4, 0.5) is 15.8 Å². The maximum absolute atomic E-state index is 13.1. The Kier molecular flexibility index (Phi) is 6.02. The minimum Gasteiger partial charge on any atom is -0.457 e. The summed E-state index contributed by atoms with van der Waals surface area (Å²) in [5, 5.41) is 11.4. The number of benzene rings is 2. The lowest BCUT2D eigenvalue weighted by atomic mass is 10.1. The SMILES string of the molecule is O=C(OCc1ccc(F)cc1Br)c1ccc(N2CCOCC2)c([N+](=O)[O-])c1. The van der Waals surface area contributed by atoms with Crippen LogP contribution >= 0.6 is 15.9 Å². The van der Waals surface area contributed by atoms with E-state index in [1.54, 1.807) is 6.07 Å². The molecule has 27 heavy (non-hydrogen) atoms. The van der Waals surface area contributed by atoms with E-state index in [9.17, 15) is 19.3 Å². The Hall–Kier alpha value is -2.52. The van der Waals surface area contributed by atoms with Crippen molar-refractivity contribution in [3.05, 3.63) is 67.9 Å². The first-order valence-electron chi connectivity index (χ1n) is 8.18. The molecule has 0 radical (unpaired) electrons. The van der Waals surface area contributed by atoms with Crippen molar-refractivity contribution in [2.24, 2.45) is 0 Å². The number of hydrogen-bond acceptors (Lipinski definition) is 6. The second kappa shape index (κ2) is 8.45. The number of anilines is 1. The minimum atomic E-state index is -0.692. The van der Waals surface area contributed by atoms with Crippen LogP contribution in [-0.2, 0) is 16.1 Å². The smallest absolute Gasteiger partial charge is 0.338 e. The molecule has 0 aliphatic carbocycles. The van der Waals surface area contributed by atoms with E-state index in [4.69, 9.17) is 9.47 Å². The van der Waals surface area contributed by atoms with Gasteiger partial charge in [0.05, 0.1) is 23.7 Å². The molecule has 2 aromatic carbocycles. The van der Waals surface area contributed by atoms with E-state index < -0.39 is 16.7 Å². The van der Waals surface area contributed by atoms with Gasteiger partial charge in [-0.15, -0.1) is 0 Å². The summed E-state index contributed by atoms with van der Waals surface area (Å²) in [5.41, 5.74) is 0.955. The van der Waals surface area contributed by atoms with Crippen LogP contribution in [0, 0.1) is 15.9 Å². The number of nitro groups is 1. The van der Waals surface area contributed by atoms with Gasteiger partial charge in [-0.25, -0.2) is 9.18 Å². The van der Waals surface area contributed by atoms with Crippen molar-refractivity contribution >= 4 is 33.3 Å². The Bertz CT molecular complexity index is 871. The van der Waals surface area contributed by atoms with Crippen molar-refractivity contribution in [3.63, 3.8) is 0 Å². The van der Waals surface area contributed by atoms with E-state index in [0.29, 0.717) is 42.0 Å². The number of ether oxygens (including phenoxy) is 2. The molecule has 9 heteroatoms. The maximum Gasteiger partial charge on any atom is 0.338 e.